The van der Waals surface area contributed by atoms with E-state index in [9.17, 15) is 4.79 Å². The predicted octanol–water partition coefficient (Wildman–Crippen LogP) is 2.79. The molecule has 5 heteroatoms. The SMILES string of the molecule is CCN(CC)C(=O)C(C)NCCc1ccc(Cl)s1. The van der Waals surface area contributed by atoms with Crippen molar-refractivity contribution in [3.8, 4) is 0 Å². The zero-order valence-corrected chi connectivity index (χ0v) is 12.8. The Kier molecular flexibility index (Phi) is 6.68. The lowest BCUT2D eigenvalue weighted by atomic mass is 10.2. The number of hydrogen-bond acceptors (Lipinski definition) is 3. The van der Waals surface area contributed by atoms with Gasteiger partial charge in [0.05, 0.1) is 10.4 Å². The molecule has 102 valence electrons. The maximum atomic E-state index is 12.0. The van der Waals surface area contributed by atoms with Gasteiger partial charge in [0.1, 0.15) is 0 Å². The lowest BCUT2D eigenvalue weighted by Crippen LogP contribution is -2.45. The fourth-order valence-corrected chi connectivity index (χ4v) is 2.88. The zero-order chi connectivity index (χ0) is 13.5. The first-order valence-electron chi connectivity index (χ1n) is 6.34. The lowest BCUT2D eigenvalue weighted by Gasteiger charge is -2.23. The van der Waals surface area contributed by atoms with Crippen molar-refractivity contribution in [3.63, 3.8) is 0 Å². The summed E-state index contributed by atoms with van der Waals surface area (Å²) in [6, 6.07) is 3.82. The van der Waals surface area contributed by atoms with Gasteiger partial charge in [0.25, 0.3) is 0 Å². The molecule has 3 nitrogen and oxygen atoms in total. The van der Waals surface area contributed by atoms with Crippen LogP contribution in [0.5, 0.6) is 0 Å². The van der Waals surface area contributed by atoms with E-state index >= 15 is 0 Å². The van der Waals surface area contributed by atoms with Gasteiger partial charge in [-0.05, 0) is 39.3 Å². The number of amides is 1. The van der Waals surface area contributed by atoms with Gasteiger partial charge in [-0.3, -0.25) is 4.79 Å². The molecule has 0 spiro atoms. The number of thiophene rings is 1. The summed E-state index contributed by atoms with van der Waals surface area (Å²) in [4.78, 5) is 15.1. The van der Waals surface area contributed by atoms with Gasteiger partial charge in [-0.25, -0.2) is 0 Å². The van der Waals surface area contributed by atoms with Crippen molar-refractivity contribution in [3.05, 3.63) is 21.3 Å². The summed E-state index contributed by atoms with van der Waals surface area (Å²) >= 11 is 7.46. The molecule has 0 radical (unpaired) electrons. The van der Waals surface area contributed by atoms with Crippen LogP contribution in [-0.2, 0) is 11.2 Å². The number of rotatable bonds is 7. The number of likely N-dealkylation sites (N-methyl/N-ethyl adjacent to an activating group) is 1. The van der Waals surface area contributed by atoms with E-state index < -0.39 is 0 Å². The molecule has 1 atom stereocenters. The quantitative estimate of drug-likeness (QED) is 0.837. The number of hydrogen-bond donors (Lipinski definition) is 1. The summed E-state index contributed by atoms with van der Waals surface area (Å²) in [6.45, 7) is 8.25. The van der Waals surface area contributed by atoms with E-state index in [0.717, 1.165) is 30.4 Å². The van der Waals surface area contributed by atoms with Gasteiger partial charge in [0.2, 0.25) is 5.91 Å². The molecule has 1 amide bonds. The normalized spacial score (nSPS) is 12.4. The molecule has 0 aliphatic rings. The van der Waals surface area contributed by atoms with E-state index in [4.69, 9.17) is 11.6 Å². The Morgan fingerprint density at radius 1 is 1.44 bits per heavy atom. The molecule has 0 saturated heterocycles. The van der Waals surface area contributed by atoms with Crippen LogP contribution in [0.2, 0.25) is 4.34 Å². The van der Waals surface area contributed by atoms with Crippen LogP contribution in [0.1, 0.15) is 25.6 Å². The van der Waals surface area contributed by atoms with Crippen molar-refractivity contribution in [2.45, 2.75) is 33.2 Å². The van der Waals surface area contributed by atoms with Gasteiger partial charge in [0, 0.05) is 24.5 Å². The van der Waals surface area contributed by atoms with Gasteiger partial charge in [-0.15, -0.1) is 11.3 Å². The third-order valence-corrected chi connectivity index (χ3v) is 4.19. The van der Waals surface area contributed by atoms with Crippen LogP contribution in [-0.4, -0.2) is 36.5 Å². The molecule has 1 rings (SSSR count). The summed E-state index contributed by atoms with van der Waals surface area (Å²) in [5.74, 6) is 0.171. The Balaban J connectivity index is 2.32. The van der Waals surface area contributed by atoms with Gasteiger partial charge < -0.3 is 10.2 Å². The Hall–Kier alpha value is -0.580. The van der Waals surface area contributed by atoms with E-state index in [0.29, 0.717) is 0 Å². The molecule has 0 aliphatic carbocycles. The summed E-state index contributed by atoms with van der Waals surface area (Å²) in [7, 11) is 0. The Morgan fingerprint density at radius 3 is 2.61 bits per heavy atom. The van der Waals surface area contributed by atoms with Gasteiger partial charge >= 0.3 is 0 Å². The topological polar surface area (TPSA) is 32.3 Å². The van der Waals surface area contributed by atoms with E-state index in [2.05, 4.69) is 5.32 Å². The third-order valence-electron chi connectivity index (χ3n) is 2.90. The first-order valence-corrected chi connectivity index (χ1v) is 7.54. The molecule has 0 bridgehead atoms. The van der Waals surface area contributed by atoms with Crippen molar-refractivity contribution < 1.29 is 4.79 Å². The third kappa shape index (κ3) is 4.59. The van der Waals surface area contributed by atoms with E-state index in [1.165, 1.54) is 4.88 Å². The van der Waals surface area contributed by atoms with Gasteiger partial charge in [0.15, 0.2) is 0 Å². The summed E-state index contributed by atoms with van der Waals surface area (Å²) in [5, 5.41) is 3.26. The molecule has 1 N–H and O–H groups in total. The summed E-state index contributed by atoms with van der Waals surface area (Å²) in [6.07, 6.45) is 0.910. The van der Waals surface area contributed by atoms with E-state index in [1.54, 1.807) is 11.3 Å². The fraction of sp³-hybridized carbons (Fsp3) is 0.615. The minimum absolute atomic E-state index is 0.125. The molecule has 0 aromatic carbocycles. The zero-order valence-electron chi connectivity index (χ0n) is 11.2. The maximum absolute atomic E-state index is 12.0. The Bertz CT molecular complexity index is 377. The second-order valence-corrected chi connectivity index (χ2v) is 5.94. The Morgan fingerprint density at radius 2 is 2.11 bits per heavy atom. The molecule has 0 fully saturated rings. The lowest BCUT2D eigenvalue weighted by molar-refractivity contribution is -0.132. The van der Waals surface area contributed by atoms with Crippen LogP contribution in [0.4, 0.5) is 0 Å². The second kappa shape index (κ2) is 7.77. The van der Waals surface area contributed by atoms with Crippen molar-refractivity contribution in [1.82, 2.24) is 10.2 Å². The largest absolute Gasteiger partial charge is 0.342 e. The molecule has 1 unspecified atom stereocenters. The fourth-order valence-electron chi connectivity index (χ4n) is 1.79. The number of halogens is 1. The molecule has 1 aromatic heterocycles. The first kappa shape index (κ1) is 15.5. The highest BCUT2D eigenvalue weighted by atomic mass is 35.5. The molecule has 1 aromatic rings. The van der Waals surface area contributed by atoms with Crippen molar-refractivity contribution in [1.29, 1.82) is 0 Å². The molecule has 18 heavy (non-hydrogen) atoms. The molecule has 0 saturated carbocycles. The molecular formula is C13H21ClN2OS. The van der Waals surface area contributed by atoms with Crippen LogP contribution in [0.25, 0.3) is 0 Å². The van der Waals surface area contributed by atoms with Crippen LogP contribution < -0.4 is 5.32 Å². The molecule has 1 heterocycles. The van der Waals surface area contributed by atoms with Crippen LogP contribution in [0.15, 0.2) is 12.1 Å². The number of nitrogens with zero attached hydrogens (tertiary/aromatic N) is 1. The van der Waals surface area contributed by atoms with E-state index in [-0.39, 0.29) is 11.9 Å². The average Bonchev–Trinajstić information content (AvgIpc) is 2.76. The van der Waals surface area contributed by atoms with Crippen molar-refractivity contribution in [2.75, 3.05) is 19.6 Å². The van der Waals surface area contributed by atoms with Gasteiger partial charge in [-0.1, -0.05) is 11.6 Å². The molecular weight excluding hydrogens is 268 g/mol. The summed E-state index contributed by atoms with van der Waals surface area (Å²) < 4.78 is 0.817. The second-order valence-electron chi connectivity index (χ2n) is 4.14. The van der Waals surface area contributed by atoms with Crippen molar-refractivity contribution in [2.24, 2.45) is 0 Å². The average molecular weight is 289 g/mol. The van der Waals surface area contributed by atoms with Crippen LogP contribution >= 0.6 is 22.9 Å². The summed E-state index contributed by atoms with van der Waals surface area (Å²) in [5.41, 5.74) is 0. The standard InChI is InChI=1S/C13H21ClN2OS/c1-4-16(5-2)13(17)10(3)15-9-8-11-6-7-12(14)18-11/h6-7,10,15H,4-5,8-9H2,1-3H3. The van der Waals surface area contributed by atoms with E-state index in [1.807, 2.05) is 37.8 Å². The van der Waals surface area contributed by atoms with Crippen LogP contribution in [0, 0.1) is 0 Å². The number of carbonyl (C=O) groups is 1. The van der Waals surface area contributed by atoms with Gasteiger partial charge in [-0.2, -0.15) is 0 Å². The highest BCUT2D eigenvalue weighted by molar-refractivity contribution is 7.16. The van der Waals surface area contributed by atoms with Crippen LogP contribution in [0.3, 0.4) is 0 Å². The predicted molar refractivity (Wildman–Crippen MR) is 78.4 cm³/mol. The smallest absolute Gasteiger partial charge is 0.239 e. The minimum atomic E-state index is -0.125. The highest BCUT2D eigenvalue weighted by Crippen LogP contribution is 2.21. The Labute approximate surface area is 118 Å². The highest BCUT2D eigenvalue weighted by Gasteiger charge is 2.16. The maximum Gasteiger partial charge on any atom is 0.239 e. The monoisotopic (exact) mass is 288 g/mol. The minimum Gasteiger partial charge on any atom is -0.342 e. The number of nitrogens with one attached hydrogen (secondary N) is 1. The first-order chi connectivity index (χ1) is 8.58. The van der Waals surface area contributed by atoms with Crippen molar-refractivity contribution >= 4 is 28.8 Å². The number of carbonyl (C=O) groups excluding carboxylic acids is 1. The molecule has 0 aliphatic heterocycles.